The minimum atomic E-state index is -0.969. The number of nitrogens with one attached hydrogen (secondary N) is 1. The monoisotopic (exact) mass is 348 g/mol. The second-order valence-corrected chi connectivity index (χ2v) is 6.31. The van der Waals surface area contributed by atoms with Crippen molar-refractivity contribution in [3.05, 3.63) is 33.3 Å². The summed E-state index contributed by atoms with van der Waals surface area (Å²) in [5.74, 6) is -0.239. The Morgan fingerprint density at radius 3 is 2.68 bits per heavy atom. The van der Waals surface area contributed by atoms with Gasteiger partial charge in [0.25, 0.3) is 5.91 Å². The molecule has 0 saturated carbocycles. The van der Waals surface area contributed by atoms with E-state index in [0.29, 0.717) is 21.6 Å². The smallest absolute Gasteiger partial charge is 0.251 e. The lowest BCUT2D eigenvalue weighted by atomic mass is 10.1. The zero-order valence-corrected chi connectivity index (χ0v) is 13.5. The molecule has 1 atom stereocenters. The summed E-state index contributed by atoms with van der Waals surface area (Å²) in [5.41, 5.74) is -0.472. The molecule has 0 radical (unpaired) electrons. The van der Waals surface area contributed by atoms with E-state index in [0.717, 1.165) is 0 Å². The Bertz CT molecular complexity index is 464. The Morgan fingerprint density at radius 1 is 1.53 bits per heavy atom. The third-order valence-electron chi connectivity index (χ3n) is 2.47. The normalized spacial score (nSPS) is 14.3. The fraction of sp³-hybridized carbons (Fsp3) is 0.462. The lowest BCUT2D eigenvalue weighted by molar-refractivity contribution is 0.0326. The molecule has 0 bridgehead atoms. The van der Waals surface area contributed by atoms with Crippen molar-refractivity contribution in [2.24, 2.45) is 0 Å². The summed E-state index contributed by atoms with van der Waals surface area (Å²) in [5, 5.41) is 13.4. The SMILES string of the molecule is CN(C)CC(C)(O)CNC(=O)c1ccc(Cl)c(Br)c1. The number of hydrogen-bond donors (Lipinski definition) is 2. The third kappa shape index (κ3) is 5.48. The molecule has 0 heterocycles. The molecule has 1 unspecified atom stereocenters. The zero-order chi connectivity index (χ0) is 14.6. The minimum Gasteiger partial charge on any atom is -0.387 e. The number of nitrogens with zero attached hydrogens (tertiary/aromatic N) is 1. The van der Waals surface area contributed by atoms with Crippen molar-refractivity contribution in [2.45, 2.75) is 12.5 Å². The van der Waals surface area contributed by atoms with Crippen LogP contribution in [-0.4, -0.2) is 48.7 Å². The van der Waals surface area contributed by atoms with Crippen LogP contribution in [0.3, 0.4) is 0 Å². The lowest BCUT2D eigenvalue weighted by Crippen LogP contribution is -2.47. The average molecular weight is 350 g/mol. The summed E-state index contributed by atoms with van der Waals surface area (Å²) in [6.45, 7) is 2.34. The van der Waals surface area contributed by atoms with Crippen LogP contribution in [0.4, 0.5) is 0 Å². The first-order valence-electron chi connectivity index (χ1n) is 5.82. The topological polar surface area (TPSA) is 52.6 Å². The Balaban J connectivity index is 2.62. The van der Waals surface area contributed by atoms with Crippen LogP contribution < -0.4 is 5.32 Å². The standard InChI is InChI=1S/C13H18BrClN2O2/c1-13(19,8-17(2)3)7-16-12(18)9-4-5-11(15)10(14)6-9/h4-6,19H,7-8H2,1-3H3,(H,16,18). The summed E-state index contributed by atoms with van der Waals surface area (Å²) < 4.78 is 0.668. The van der Waals surface area contributed by atoms with E-state index >= 15 is 0 Å². The average Bonchev–Trinajstić information content (AvgIpc) is 2.28. The fourth-order valence-corrected chi connectivity index (χ4v) is 2.24. The van der Waals surface area contributed by atoms with Gasteiger partial charge in [-0.25, -0.2) is 0 Å². The third-order valence-corrected chi connectivity index (χ3v) is 3.68. The molecule has 1 aromatic carbocycles. The second-order valence-electron chi connectivity index (χ2n) is 5.05. The van der Waals surface area contributed by atoms with Crippen molar-refractivity contribution in [1.29, 1.82) is 0 Å². The maximum atomic E-state index is 11.9. The van der Waals surface area contributed by atoms with Crippen LogP contribution in [0.2, 0.25) is 5.02 Å². The van der Waals surface area contributed by atoms with E-state index in [9.17, 15) is 9.90 Å². The predicted octanol–water partition coefficient (Wildman–Crippen LogP) is 2.14. The first kappa shape index (κ1) is 16.4. The molecule has 0 fully saturated rings. The van der Waals surface area contributed by atoms with Gasteiger partial charge in [0.1, 0.15) is 0 Å². The maximum absolute atomic E-state index is 11.9. The molecule has 106 valence electrons. The van der Waals surface area contributed by atoms with E-state index in [-0.39, 0.29) is 12.5 Å². The van der Waals surface area contributed by atoms with Crippen molar-refractivity contribution in [3.63, 3.8) is 0 Å². The van der Waals surface area contributed by atoms with E-state index in [4.69, 9.17) is 11.6 Å². The highest BCUT2D eigenvalue weighted by Crippen LogP contribution is 2.23. The van der Waals surface area contributed by atoms with Gasteiger partial charge in [-0.1, -0.05) is 11.6 Å². The largest absolute Gasteiger partial charge is 0.387 e. The highest BCUT2D eigenvalue weighted by atomic mass is 79.9. The molecule has 1 amide bonds. The van der Waals surface area contributed by atoms with E-state index in [1.54, 1.807) is 25.1 Å². The lowest BCUT2D eigenvalue weighted by Gasteiger charge is -2.27. The van der Waals surface area contributed by atoms with Gasteiger partial charge in [-0.2, -0.15) is 0 Å². The molecule has 2 N–H and O–H groups in total. The number of carbonyl (C=O) groups excluding carboxylic acids is 1. The zero-order valence-electron chi connectivity index (χ0n) is 11.2. The van der Waals surface area contributed by atoms with E-state index in [1.165, 1.54) is 0 Å². The van der Waals surface area contributed by atoms with Crippen molar-refractivity contribution in [1.82, 2.24) is 10.2 Å². The van der Waals surface area contributed by atoms with Crippen molar-refractivity contribution in [2.75, 3.05) is 27.2 Å². The van der Waals surface area contributed by atoms with Crippen LogP contribution in [-0.2, 0) is 0 Å². The molecular formula is C13H18BrClN2O2. The van der Waals surface area contributed by atoms with Crippen LogP contribution in [0.5, 0.6) is 0 Å². The fourth-order valence-electron chi connectivity index (χ4n) is 1.75. The number of halogens is 2. The summed E-state index contributed by atoms with van der Waals surface area (Å²) >= 11 is 9.14. The van der Waals surface area contributed by atoms with E-state index in [1.807, 2.05) is 19.0 Å². The van der Waals surface area contributed by atoms with Gasteiger partial charge >= 0.3 is 0 Å². The van der Waals surface area contributed by atoms with Crippen LogP contribution >= 0.6 is 27.5 Å². The van der Waals surface area contributed by atoms with Gasteiger partial charge < -0.3 is 15.3 Å². The predicted molar refractivity (Wildman–Crippen MR) is 80.7 cm³/mol. The number of aliphatic hydroxyl groups is 1. The van der Waals surface area contributed by atoms with Crippen molar-refractivity contribution < 1.29 is 9.90 Å². The number of benzene rings is 1. The first-order valence-corrected chi connectivity index (χ1v) is 6.99. The molecule has 1 rings (SSSR count). The molecule has 6 heteroatoms. The van der Waals surface area contributed by atoms with Gasteiger partial charge in [0, 0.05) is 23.1 Å². The van der Waals surface area contributed by atoms with E-state index < -0.39 is 5.60 Å². The van der Waals surface area contributed by atoms with Crippen LogP contribution in [0.1, 0.15) is 17.3 Å². The van der Waals surface area contributed by atoms with Gasteiger partial charge in [0.2, 0.25) is 0 Å². The number of hydrogen-bond acceptors (Lipinski definition) is 3. The Labute approximate surface area is 126 Å². The summed E-state index contributed by atoms with van der Waals surface area (Å²) in [6, 6.07) is 4.94. The van der Waals surface area contributed by atoms with Gasteiger partial charge in [0.05, 0.1) is 10.6 Å². The first-order chi connectivity index (χ1) is 8.71. The number of amides is 1. The number of likely N-dealkylation sites (N-methyl/N-ethyl adjacent to an activating group) is 1. The van der Waals surface area contributed by atoms with Gasteiger partial charge in [0.15, 0.2) is 0 Å². The quantitative estimate of drug-likeness (QED) is 0.856. The molecule has 0 spiro atoms. The highest BCUT2D eigenvalue weighted by Gasteiger charge is 2.22. The maximum Gasteiger partial charge on any atom is 0.251 e. The van der Waals surface area contributed by atoms with Gasteiger partial charge in [-0.3, -0.25) is 4.79 Å². The van der Waals surface area contributed by atoms with Crippen molar-refractivity contribution in [3.8, 4) is 0 Å². The summed E-state index contributed by atoms with van der Waals surface area (Å²) in [6.07, 6.45) is 0. The summed E-state index contributed by atoms with van der Waals surface area (Å²) in [4.78, 5) is 13.8. The summed E-state index contributed by atoms with van der Waals surface area (Å²) in [7, 11) is 3.74. The van der Waals surface area contributed by atoms with Crippen molar-refractivity contribution >= 4 is 33.4 Å². The minimum absolute atomic E-state index is 0.185. The highest BCUT2D eigenvalue weighted by molar-refractivity contribution is 9.10. The molecule has 0 aliphatic rings. The van der Waals surface area contributed by atoms with Crippen LogP contribution in [0, 0.1) is 0 Å². The molecule has 1 aromatic rings. The van der Waals surface area contributed by atoms with Crippen LogP contribution in [0.25, 0.3) is 0 Å². The molecule has 4 nitrogen and oxygen atoms in total. The second kappa shape index (κ2) is 6.70. The Hall–Kier alpha value is -0.620. The Morgan fingerprint density at radius 2 is 2.16 bits per heavy atom. The molecular weight excluding hydrogens is 332 g/mol. The van der Waals surface area contributed by atoms with Gasteiger partial charge in [-0.15, -0.1) is 0 Å². The Kier molecular flexibility index (Phi) is 5.80. The number of rotatable bonds is 5. The van der Waals surface area contributed by atoms with Gasteiger partial charge in [-0.05, 0) is 55.1 Å². The molecule has 0 aliphatic carbocycles. The number of carbonyl (C=O) groups is 1. The molecule has 0 aromatic heterocycles. The van der Waals surface area contributed by atoms with E-state index in [2.05, 4.69) is 21.2 Å². The molecule has 19 heavy (non-hydrogen) atoms. The molecule has 0 saturated heterocycles. The van der Waals surface area contributed by atoms with Crippen LogP contribution in [0.15, 0.2) is 22.7 Å². The molecule has 0 aliphatic heterocycles.